The van der Waals surface area contributed by atoms with Gasteiger partial charge >= 0.3 is 0 Å². The smallest absolute Gasteiger partial charge is 0.224 e. The van der Waals surface area contributed by atoms with Crippen LogP contribution in [0.3, 0.4) is 0 Å². The minimum atomic E-state index is -0.118. The summed E-state index contributed by atoms with van der Waals surface area (Å²) >= 11 is 0. The SMILES string of the molecule is CCNC(=O)Cc1ccc(NC2CCC(O)CC2)cc1. The average Bonchev–Trinajstić information content (AvgIpc) is 2.44. The molecule has 0 bridgehead atoms. The minimum absolute atomic E-state index is 0.0643. The molecule has 0 spiro atoms. The Morgan fingerprint density at radius 1 is 1.20 bits per heavy atom. The van der Waals surface area contributed by atoms with Crippen LogP contribution in [0, 0.1) is 0 Å². The molecule has 0 aromatic heterocycles. The van der Waals surface area contributed by atoms with Crippen LogP contribution < -0.4 is 10.6 Å². The van der Waals surface area contributed by atoms with Gasteiger partial charge < -0.3 is 15.7 Å². The Kier molecular flexibility index (Phi) is 5.41. The normalized spacial score (nSPS) is 22.3. The van der Waals surface area contributed by atoms with Crippen molar-refractivity contribution >= 4 is 11.6 Å². The van der Waals surface area contributed by atoms with Crippen molar-refractivity contribution in [3.05, 3.63) is 29.8 Å². The van der Waals surface area contributed by atoms with Crippen LogP contribution in [0.25, 0.3) is 0 Å². The molecule has 1 fully saturated rings. The second kappa shape index (κ2) is 7.29. The van der Waals surface area contributed by atoms with Gasteiger partial charge in [0.25, 0.3) is 0 Å². The third-order valence-corrected chi connectivity index (χ3v) is 3.76. The lowest BCUT2D eigenvalue weighted by Gasteiger charge is -2.27. The summed E-state index contributed by atoms with van der Waals surface area (Å²) in [6.07, 6.45) is 4.11. The Morgan fingerprint density at radius 2 is 1.85 bits per heavy atom. The highest BCUT2D eigenvalue weighted by Crippen LogP contribution is 2.22. The Balaban J connectivity index is 1.83. The second-order valence-electron chi connectivity index (χ2n) is 5.48. The van der Waals surface area contributed by atoms with Crippen LogP contribution in [0.1, 0.15) is 38.2 Å². The summed E-state index contributed by atoms with van der Waals surface area (Å²) < 4.78 is 0. The molecule has 0 atom stereocenters. The first-order chi connectivity index (χ1) is 9.67. The number of aliphatic hydroxyl groups is 1. The molecule has 0 radical (unpaired) electrons. The molecule has 1 aliphatic carbocycles. The molecule has 1 saturated carbocycles. The number of likely N-dealkylation sites (N-methyl/N-ethyl adjacent to an activating group) is 1. The van der Waals surface area contributed by atoms with Gasteiger partial charge in [0.05, 0.1) is 12.5 Å². The molecular weight excluding hydrogens is 252 g/mol. The van der Waals surface area contributed by atoms with Crippen LogP contribution >= 0.6 is 0 Å². The first-order valence-electron chi connectivity index (χ1n) is 7.47. The Labute approximate surface area is 120 Å². The maximum atomic E-state index is 11.5. The molecule has 0 heterocycles. The number of hydrogen-bond acceptors (Lipinski definition) is 3. The van der Waals surface area contributed by atoms with Crippen LogP contribution in [0.2, 0.25) is 0 Å². The van der Waals surface area contributed by atoms with Gasteiger partial charge in [-0.15, -0.1) is 0 Å². The van der Waals surface area contributed by atoms with Crippen molar-refractivity contribution in [1.29, 1.82) is 0 Å². The molecule has 0 unspecified atom stereocenters. The zero-order chi connectivity index (χ0) is 14.4. The second-order valence-corrected chi connectivity index (χ2v) is 5.48. The summed E-state index contributed by atoms with van der Waals surface area (Å²) in [7, 11) is 0. The van der Waals surface area contributed by atoms with E-state index in [1.165, 1.54) is 0 Å². The summed E-state index contributed by atoms with van der Waals surface area (Å²) in [4.78, 5) is 11.5. The number of carbonyl (C=O) groups is 1. The zero-order valence-corrected chi connectivity index (χ0v) is 12.1. The van der Waals surface area contributed by atoms with Crippen LogP contribution in [-0.4, -0.2) is 29.7 Å². The predicted molar refractivity (Wildman–Crippen MR) is 80.7 cm³/mol. The fourth-order valence-corrected chi connectivity index (χ4v) is 2.62. The molecule has 1 aromatic rings. The van der Waals surface area contributed by atoms with Crippen molar-refractivity contribution in [2.24, 2.45) is 0 Å². The first-order valence-corrected chi connectivity index (χ1v) is 7.47. The maximum Gasteiger partial charge on any atom is 0.224 e. The Hall–Kier alpha value is -1.55. The summed E-state index contributed by atoms with van der Waals surface area (Å²) in [6, 6.07) is 8.50. The van der Waals surface area contributed by atoms with Gasteiger partial charge in [-0.05, 0) is 50.3 Å². The fraction of sp³-hybridized carbons (Fsp3) is 0.562. The Morgan fingerprint density at radius 3 is 2.45 bits per heavy atom. The van der Waals surface area contributed by atoms with Crippen LogP contribution in [0.5, 0.6) is 0 Å². The monoisotopic (exact) mass is 276 g/mol. The molecule has 20 heavy (non-hydrogen) atoms. The summed E-state index contributed by atoms with van der Waals surface area (Å²) in [5.41, 5.74) is 2.12. The number of rotatable bonds is 5. The largest absolute Gasteiger partial charge is 0.393 e. The highest BCUT2D eigenvalue weighted by atomic mass is 16.3. The molecule has 1 aliphatic rings. The van der Waals surface area contributed by atoms with Gasteiger partial charge in [0.1, 0.15) is 0 Å². The molecule has 3 N–H and O–H groups in total. The summed E-state index contributed by atoms with van der Waals surface area (Å²) in [5, 5.41) is 15.8. The van der Waals surface area contributed by atoms with Gasteiger partial charge in [-0.3, -0.25) is 4.79 Å². The van der Waals surface area contributed by atoms with E-state index in [0.717, 1.165) is 36.9 Å². The first kappa shape index (κ1) is 14.9. The predicted octanol–water partition coefficient (Wildman–Crippen LogP) is 2.08. The highest BCUT2D eigenvalue weighted by Gasteiger charge is 2.18. The van der Waals surface area contributed by atoms with Crippen molar-refractivity contribution in [3.63, 3.8) is 0 Å². The van der Waals surface area contributed by atoms with Gasteiger partial charge in [-0.25, -0.2) is 0 Å². The van der Waals surface area contributed by atoms with E-state index in [1.807, 2.05) is 31.2 Å². The van der Waals surface area contributed by atoms with E-state index in [9.17, 15) is 9.90 Å². The minimum Gasteiger partial charge on any atom is -0.393 e. The number of amides is 1. The van der Waals surface area contributed by atoms with Crippen molar-refractivity contribution in [3.8, 4) is 0 Å². The average molecular weight is 276 g/mol. The molecule has 2 rings (SSSR count). The van der Waals surface area contributed by atoms with Gasteiger partial charge in [0.2, 0.25) is 5.91 Å². The fourth-order valence-electron chi connectivity index (χ4n) is 2.62. The van der Waals surface area contributed by atoms with E-state index in [0.29, 0.717) is 19.0 Å². The summed E-state index contributed by atoms with van der Waals surface area (Å²) in [5.74, 6) is 0.0643. The van der Waals surface area contributed by atoms with E-state index in [2.05, 4.69) is 10.6 Å². The third kappa shape index (κ3) is 4.53. The van der Waals surface area contributed by atoms with E-state index < -0.39 is 0 Å². The van der Waals surface area contributed by atoms with Crippen LogP contribution in [0.4, 0.5) is 5.69 Å². The van der Waals surface area contributed by atoms with Crippen molar-refractivity contribution in [1.82, 2.24) is 5.32 Å². The number of hydrogen-bond donors (Lipinski definition) is 3. The molecule has 1 amide bonds. The zero-order valence-electron chi connectivity index (χ0n) is 12.1. The molecular formula is C16H24N2O2. The molecule has 0 aliphatic heterocycles. The molecule has 0 saturated heterocycles. The lowest BCUT2D eigenvalue weighted by Crippen LogP contribution is -2.28. The highest BCUT2D eigenvalue weighted by molar-refractivity contribution is 5.78. The number of nitrogens with one attached hydrogen (secondary N) is 2. The third-order valence-electron chi connectivity index (χ3n) is 3.76. The molecule has 1 aromatic carbocycles. The number of benzene rings is 1. The standard InChI is InChI=1S/C16H24N2O2/c1-2-17-16(20)11-12-3-5-13(6-4-12)18-14-7-9-15(19)10-8-14/h3-6,14-15,18-19H,2,7-11H2,1H3,(H,17,20). The van der Waals surface area contributed by atoms with Crippen molar-refractivity contribution < 1.29 is 9.90 Å². The van der Waals surface area contributed by atoms with E-state index in [1.54, 1.807) is 0 Å². The van der Waals surface area contributed by atoms with Gasteiger partial charge in [-0.1, -0.05) is 12.1 Å². The van der Waals surface area contributed by atoms with E-state index in [4.69, 9.17) is 0 Å². The lowest BCUT2D eigenvalue weighted by atomic mass is 9.93. The van der Waals surface area contributed by atoms with Crippen molar-refractivity contribution in [2.75, 3.05) is 11.9 Å². The van der Waals surface area contributed by atoms with E-state index >= 15 is 0 Å². The van der Waals surface area contributed by atoms with Crippen LogP contribution in [-0.2, 0) is 11.2 Å². The number of anilines is 1. The van der Waals surface area contributed by atoms with Gasteiger partial charge in [0.15, 0.2) is 0 Å². The summed E-state index contributed by atoms with van der Waals surface area (Å²) in [6.45, 7) is 2.60. The van der Waals surface area contributed by atoms with Gasteiger partial charge in [-0.2, -0.15) is 0 Å². The van der Waals surface area contributed by atoms with Crippen LogP contribution in [0.15, 0.2) is 24.3 Å². The number of carbonyl (C=O) groups excluding carboxylic acids is 1. The lowest BCUT2D eigenvalue weighted by molar-refractivity contribution is -0.120. The number of aliphatic hydroxyl groups excluding tert-OH is 1. The quantitative estimate of drug-likeness (QED) is 0.771. The van der Waals surface area contributed by atoms with E-state index in [-0.39, 0.29) is 12.0 Å². The molecule has 4 heteroatoms. The van der Waals surface area contributed by atoms with Crippen molar-refractivity contribution in [2.45, 2.75) is 51.2 Å². The van der Waals surface area contributed by atoms with Gasteiger partial charge in [0, 0.05) is 18.3 Å². The molecule has 4 nitrogen and oxygen atoms in total. The molecule has 110 valence electrons. The topological polar surface area (TPSA) is 61.4 Å². The Bertz CT molecular complexity index is 423. The maximum absolute atomic E-state index is 11.5.